The van der Waals surface area contributed by atoms with E-state index in [-0.39, 0.29) is 0 Å². The predicted octanol–water partition coefficient (Wildman–Crippen LogP) is 3.44. The van der Waals surface area contributed by atoms with Gasteiger partial charge in [0, 0.05) is 5.54 Å². The van der Waals surface area contributed by atoms with E-state index in [1.54, 1.807) is 13.8 Å². The van der Waals surface area contributed by atoms with Crippen LogP contribution in [0.1, 0.15) is 33.5 Å². The van der Waals surface area contributed by atoms with Gasteiger partial charge in [0.05, 0.1) is 16.6 Å². The van der Waals surface area contributed by atoms with Gasteiger partial charge in [0.1, 0.15) is 5.76 Å². The van der Waals surface area contributed by atoms with Gasteiger partial charge in [0.25, 0.3) is 0 Å². The van der Waals surface area contributed by atoms with Crippen molar-refractivity contribution in [2.24, 2.45) is 0 Å². The summed E-state index contributed by atoms with van der Waals surface area (Å²) in [4.78, 5) is 0. The maximum Gasteiger partial charge on any atom is 0.183 e. The van der Waals surface area contributed by atoms with Crippen LogP contribution in [0.25, 0.3) is 0 Å². The van der Waals surface area contributed by atoms with Gasteiger partial charge in [-0.1, -0.05) is 0 Å². The van der Waals surface area contributed by atoms with Gasteiger partial charge in [-0.25, -0.2) is 0 Å². The van der Waals surface area contributed by atoms with Crippen molar-refractivity contribution in [1.82, 2.24) is 5.32 Å². The molecule has 3 nitrogen and oxygen atoms in total. The Labute approximate surface area is 113 Å². The summed E-state index contributed by atoms with van der Waals surface area (Å²) in [5.41, 5.74) is -1.19. The van der Waals surface area contributed by atoms with Crippen molar-refractivity contribution in [2.75, 3.05) is 0 Å². The Bertz CT molecular complexity index is 347. The van der Waals surface area contributed by atoms with Crippen LogP contribution in [0.3, 0.4) is 0 Å². The molecule has 1 aromatic rings. The molecule has 92 valence electrons. The van der Waals surface area contributed by atoms with Crippen LogP contribution >= 0.6 is 31.9 Å². The van der Waals surface area contributed by atoms with Crippen LogP contribution < -0.4 is 5.32 Å². The molecule has 0 atom stereocenters. The fraction of sp³-hybridized carbons (Fsp3) is 0.636. The lowest BCUT2D eigenvalue weighted by atomic mass is 9.86. The second-order valence-corrected chi connectivity index (χ2v) is 6.45. The molecule has 0 amide bonds. The lowest BCUT2D eigenvalue weighted by Crippen LogP contribution is -2.55. The third-order valence-corrected chi connectivity index (χ3v) is 4.64. The minimum absolute atomic E-state index is 0.390. The van der Waals surface area contributed by atoms with E-state index in [0.29, 0.717) is 11.2 Å². The highest BCUT2D eigenvalue weighted by atomic mass is 79.9. The smallest absolute Gasteiger partial charge is 0.183 e. The van der Waals surface area contributed by atoms with E-state index in [9.17, 15) is 5.11 Å². The molecule has 5 heteroatoms. The average Bonchev–Trinajstić information content (AvgIpc) is 2.41. The molecule has 0 spiro atoms. The summed E-state index contributed by atoms with van der Waals surface area (Å²) in [6.07, 6.45) is 0. The summed E-state index contributed by atoms with van der Waals surface area (Å²) in [6.45, 7) is 8.06. The van der Waals surface area contributed by atoms with Crippen LogP contribution in [0.5, 0.6) is 0 Å². The Morgan fingerprint density at radius 1 is 1.31 bits per heavy atom. The Morgan fingerprint density at radius 2 is 1.88 bits per heavy atom. The fourth-order valence-corrected chi connectivity index (χ4v) is 1.66. The lowest BCUT2D eigenvalue weighted by Gasteiger charge is -2.38. The molecule has 0 saturated heterocycles. The SMILES string of the molecule is CC(C)(O)C(C)(C)NCc1cc(Br)c(Br)o1. The number of furan rings is 1. The van der Waals surface area contributed by atoms with Gasteiger partial charge in [-0.2, -0.15) is 0 Å². The zero-order valence-electron chi connectivity index (χ0n) is 9.90. The molecule has 0 bridgehead atoms. The highest BCUT2D eigenvalue weighted by Crippen LogP contribution is 2.27. The predicted molar refractivity (Wildman–Crippen MR) is 71.3 cm³/mol. The zero-order chi connectivity index (χ0) is 12.6. The quantitative estimate of drug-likeness (QED) is 0.870. The van der Waals surface area contributed by atoms with Crippen LogP contribution in [0, 0.1) is 0 Å². The molecule has 1 heterocycles. The van der Waals surface area contributed by atoms with Crippen LogP contribution in [-0.4, -0.2) is 16.2 Å². The van der Waals surface area contributed by atoms with Crippen LogP contribution in [0.4, 0.5) is 0 Å². The molecule has 0 aliphatic carbocycles. The minimum atomic E-state index is -0.798. The zero-order valence-corrected chi connectivity index (χ0v) is 13.1. The van der Waals surface area contributed by atoms with Crippen molar-refractivity contribution in [3.63, 3.8) is 0 Å². The molecule has 2 N–H and O–H groups in total. The van der Waals surface area contributed by atoms with Crippen molar-refractivity contribution >= 4 is 31.9 Å². The number of rotatable bonds is 4. The molecule has 0 fully saturated rings. The summed E-state index contributed by atoms with van der Waals surface area (Å²) in [6, 6.07) is 1.90. The van der Waals surface area contributed by atoms with Gasteiger partial charge < -0.3 is 14.8 Å². The van der Waals surface area contributed by atoms with Crippen LogP contribution in [0.2, 0.25) is 0 Å². The van der Waals surface area contributed by atoms with E-state index in [1.807, 2.05) is 19.9 Å². The normalized spacial score (nSPS) is 13.2. The molecule has 0 radical (unpaired) electrons. The van der Waals surface area contributed by atoms with Gasteiger partial charge in [-0.05, 0) is 65.6 Å². The van der Waals surface area contributed by atoms with Gasteiger partial charge >= 0.3 is 0 Å². The fourth-order valence-electron chi connectivity index (χ4n) is 1.00. The Morgan fingerprint density at radius 3 is 2.25 bits per heavy atom. The van der Waals surface area contributed by atoms with Crippen LogP contribution in [0.15, 0.2) is 19.6 Å². The monoisotopic (exact) mass is 353 g/mol. The maximum absolute atomic E-state index is 9.97. The summed E-state index contributed by atoms with van der Waals surface area (Å²) < 4.78 is 7.03. The number of aliphatic hydroxyl groups is 1. The lowest BCUT2D eigenvalue weighted by molar-refractivity contribution is -0.00604. The maximum atomic E-state index is 9.97. The molecule has 0 aliphatic heterocycles. The van der Waals surface area contributed by atoms with Crippen LogP contribution in [-0.2, 0) is 6.54 Å². The molecule has 0 aromatic carbocycles. The first-order valence-electron chi connectivity index (χ1n) is 5.04. The third-order valence-electron chi connectivity index (χ3n) is 2.93. The first kappa shape index (κ1) is 14.2. The summed E-state index contributed by atoms with van der Waals surface area (Å²) in [5.74, 6) is 0.816. The van der Waals surface area contributed by atoms with Crippen molar-refractivity contribution in [1.29, 1.82) is 0 Å². The Hall–Kier alpha value is 0.160. The van der Waals surface area contributed by atoms with Crippen molar-refractivity contribution in [2.45, 2.75) is 45.4 Å². The van der Waals surface area contributed by atoms with Gasteiger partial charge in [-0.15, -0.1) is 0 Å². The van der Waals surface area contributed by atoms with E-state index in [1.165, 1.54) is 0 Å². The minimum Gasteiger partial charge on any atom is -0.452 e. The molecular weight excluding hydrogens is 338 g/mol. The van der Waals surface area contributed by atoms with E-state index in [0.717, 1.165) is 10.2 Å². The first-order chi connectivity index (χ1) is 7.13. The molecule has 16 heavy (non-hydrogen) atoms. The largest absolute Gasteiger partial charge is 0.452 e. The van der Waals surface area contributed by atoms with Gasteiger partial charge in [-0.3, -0.25) is 0 Å². The molecule has 0 aliphatic rings. The molecule has 1 aromatic heterocycles. The summed E-state index contributed by atoms with van der Waals surface area (Å²) in [5, 5.41) is 13.2. The van der Waals surface area contributed by atoms with Gasteiger partial charge in [0.15, 0.2) is 4.67 Å². The average molecular weight is 355 g/mol. The number of hydrogen-bond acceptors (Lipinski definition) is 3. The van der Waals surface area contributed by atoms with E-state index in [2.05, 4.69) is 37.2 Å². The number of nitrogens with one attached hydrogen (secondary N) is 1. The second-order valence-electron chi connectivity index (χ2n) is 4.87. The topological polar surface area (TPSA) is 45.4 Å². The van der Waals surface area contributed by atoms with E-state index in [4.69, 9.17) is 4.42 Å². The second kappa shape index (κ2) is 4.80. The number of hydrogen-bond donors (Lipinski definition) is 2. The molecule has 1 rings (SSSR count). The summed E-state index contributed by atoms with van der Waals surface area (Å²) >= 11 is 6.64. The van der Waals surface area contributed by atoms with Crippen molar-refractivity contribution in [3.05, 3.63) is 21.0 Å². The molecular formula is C11H17Br2NO2. The standard InChI is InChI=1S/C11H17Br2NO2/c1-10(2,11(3,4)15)14-6-7-5-8(12)9(13)16-7/h5,14-15H,6H2,1-4H3. The van der Waals surface area contributed by atoms with E-state index < -0.39 is 11.1 Å². The van der Waals surface area contributed by atoms with Crippen molar-refractivity contribution in [3.8, 4) is 0 Å². The Kier molecular flexibility index (Phi) is 4.27. The third kappa shape index (κ3) is 3.32. The Balaban J connectivity index is 2.65. The highest BCUT2D eigenvalue weighted by Gasteiger charge is 2.34. The number of halogens is 2. The highest BCUT2D eigenvalue weighted by molar-refractivity contribution is 9.13. The first-order valence-corrected chi connectivity index (χ1v) is 6.63. The summed E-state index contributed by atoms with van der Waals surface area (Å²) in [7, 11) is 0. The molecule has 0 unspecified atom stereocenters. The van der Waals surface area contributed by atoms with E-state index >= 15 is 0 Å². The molecule has 0 saturated carbocycles. The van der Waals surface area contributed by atoms with Gasteiger partial charge in [0.2, 0.25) is 0 Å². The van der Waals surface area contributed by atoms with Crippen molar-refractivity contribution < 1.29 is 9.52 Å².